The zero-order valence-electron chi connectivity index (χ0n) is 11.6. The molecule has 0 bridgehead atoms. The third-order valence-electron chi connectivity index (χ3n) is 3.29. The van der Waals surface area contributed by atoms with Gasteiger partial charge in [0.2, 0.25) is 0 Å². The van der Waals surface area contributed by atoms with E-state index in [4.69, 9.17) is 8.23 Å². The van der Waals surface area contributed by atoms with Crippen LogP contribution in [0.2, 0.25) is 38.3 Å². The molecule has 1 rings (SSSR count). The average Bonchev–Trinajstić information content (AvgIpc) is 2.16. The molecule has 0 unspecified atom stereocenters. The maximum Gasteiger partial charge on any atom is 0.317 e. The Labute approximate surface area is 105 Å². The van der Waals surface area contributed by atoms with Crippen LogP contribution in [0.3, 0.4) is 0 Å². The molecule has 0 aromatic heterocycles. The first kappa shape index (κ1) is 14.6. The first-order valence-corrected chi connectivity index (χ1v) is 14.7. The van der Waals surface area contributed by atoms with E-state index >= 15 is 0 Å². The molecular weight excluding hydrogens is 248 g/mol. The van der Waals surface area contributed by atoms with E-state index in [2.05, 4.69) is 32.7 Å². The van der Waals surface area contributed by atoms with Crippen molar-refractivity contribution in [3.63, 3.8) is 0 Å². The number of hydrogen-bond donors (Lipinski definition) is 0. The summed E-state index contributed by atoms with van der Waals surface area (Å²) in [6, 6.07) is 0. The molecule has 0 spiro atoms. The Bertz CT molecular complexity index is 193. The summed E-state index contributed by atoms with van der Waals surface area (Å²) in [6.45, 7) is 11.4. The maximum atomic E-state index is 6.38. The SMILES string of the molecule is C[SiH](C)O[Si](C)(O[SiH](C)C)C1CCCCC1. The lowest BCUT2D eigenvalue weighted by Crippen LogP contribution is -2.49. The van der Waals surface area contributed by atoms with Gasteiger partial charge in [0.15, 0.2) is 18.1 Å². The summed E-state index contributed by atoms with van der Waals surface area (Å²) in [5, 5.41) is 0. The van der Waals surface area contributed by atoms with Crippen LogP contribution in [0.25, 0.3) is 0 Å². The zero-order valence-corrected chi connectivity index (χ0v) is 14.9. The van der Waals surface area contributed by atoms with Crippen LogP contribution in [-0.4, -0.2) is 26.6 Å². The predicted molar refractivity (Wildman–Crippen MR) is 78.4 cm³/mol. The largest absolute Gasteiger partial charge is 0.439 e. The summed E-state index contributed by atoms with van der Waals surface area (Å²) < 4.78 is 12.8. The molecule has 1 saturated carbocycles. The predicted octanol–water partition coefficient (Wildman–Crippen LogP) is 3.39. The van der Waals surface area contributed by atoms with E-state index in [-0.39, 0.29) is 0 Å². The summed E-state index contributed by atoms with van der Waals surface area (Å²) in [7, 11) is -3.78. The molecular formula is C11H28O2Si3. The molecule has 16 heavy (non-hydrogen) atoms. The highest BCUT2D eigenvalue weighted by Gasteiger charge is 2.42. The molecule has 0 amide bonds. The number of hydrogen-bond acceptors (Lipinski definition) is 2. The molecule has 0 aliphatic heterocycles. The van der Waals surface area contributed by atoms with Gasteiger partial charge in [-0.05, 0) is 45.6 Å². The first-order chi connectivity index (χ1) is 7.44. The van der Waals surface area contributed by atoms with Gasteiger partial charge in [-0.3, -0.25) is 0 Å². The molecule has 96 valence electrons. The topological polar surface area (TPSA) is 18.5 Å². The van der Waals surface area contributed by atoms with E-state index in [9.17, 15) is 0 Å². The third-order valence-corrected chi connectivity index (χ3v) is 12.9. The second-order valence-electron chi connectivity index (χ2n) is 5.68. The van der Waals surface area contributed by atoms with Crippen molar-refractivity contribution in [3.05, 3.63) is 0 Å². The minimum absolute atomic E-state index is 0.769. The summed E-state index contributed by atoms with van der Waals surface area (Å²) >= 11 is 0. The Morgan fingerprint density at radius 1 is 0.875 bits per heavy atom. The maximum absolute atomic E-state index is 6.38. The van der Waals surface area contributed by atoms with Gasteiger partial charge in [0.1, 0.15) is 0 Å². The Kier molecular flexibility index (Phi) is 5.93. The van der Waals surface area contributed by atoms with Crippen LogP contribution in [0.1, 0.15) is 32.1 Å². The highest BCUT2D eigenvalue weighted by Crippen LogP contribution is 2.38. The normalized spacial score (nSPS) is 19.7. The van der Waals surface area contributed by atoms with Crippen molar-refractivity contribution in [2.75, 3.05) is 0 Å². The Hall–Kier alpha value is 0.571. The second-order valence-corrected chi connectivity index (χ2v) is 14.6. The first-order valence-electron chi connectivity index (χ1n) is 6.79. The van der Waals surface area contributed by atoms with Crippen LogP contribution in [0.4, 0.5) is 0 Å². The van der Waals surface area contributed by atoms with E-state index < -0.39 is 26.6 Å². The van der Waals surface area contributed by atoms with Crippen LogP contribution in [-0.2, 0) is 8.23 Å². The van der Waals surface area contributed by atoms with E-state index in [1.165, 1.54) is 32.1 Å². The summed E-state index contributed by atoms with van der Waals surface area (Å²) in [4.78, 5) is 0. The highest BCUT2D eigenvalue weighted by atomic mass is 28.5. The van der Waals surface area contributed by atoms with Crippen molar-refractivity contribution >= 4 is 26.6 Å². The van der Waals surface area contributed by atoms with Crippen molar-refractivity contribution in [2.45, 2.75) is 70.4 Å². The van der Waals surface area contributed by atoms with Crippen LogP contribution >= 0.6 is 0 Å². The van der Waals surface area contributed by atoms with Gasteiger partial charge in [-0.15, -0.1) is 0 Å². The molecule has 0 radical (unpaired) electrons. The lowest BCUT2D eigenvalue weighted by Gasteiger charge is -2.39. The Morgan fingerprint density at radius 3 is 1.69 bits per heavy atom. The average molecular weight is 277 g/mol. The van der Waals surface area contributed by atoms with E-state index in [1.807, 2.05) is 0 Å². The molecule has 1 aliphatic rings. The molecule has 1 aliphatic carbocycles. The van der Waals surface area contributed by atoms with Gasteiger partial charge in [0.05, 0.1) is 0 Å². The molecule has 0 heterocycles. The van der Waals surface area contributed by atoms with Crippen molar-refractivity contribution in [1.82, 2.24) is 0 Å². The van der Waals surface area contributed by atoms with Gasteiger partial charge in [0.25, 0.3) is 0 Å². The molecule has 0 N–H and O–H groups in total. The summed E-state index contributed by atoms with van der Waals surface area (Å²) in [5.74, 6) is 0. The lowest BCUT2D eigenvalue weighted by atomic mass is 10.0. The van der Waals surface area contributed by atoms with Crippen LogP contribution in [0.15, 0.2) is 0 Å². The quantitative estimate of drug-likeness (QED) is 0.717. The molecule has 0 aromatic rings. The van der Waals surface area contributed by atoms with Crippen molar-refractivity contribution in [2.24, 2.45) is 0 Å². The van der Waals surface area contributed by atoms with Crippen LogP contribution in [0, 0.1) is 0 Å². The van der Waals surface area contributed by atoms with Gasteiger partial charge in [0, 0.05) is 5.54 Å². The fourth-order valence-electron chi connectivity index (χ4n) is 2.78. The van der Waals surface area contributed by atoms with Crippen LogP contribution in [0.5, 0.6) is 0 Å². The van der Waals surface area contributed by atoms with Crippen molar-refractivity contribution in [1.29, 1.82) is 0 Å². The monoisotopic (exact) mass is 276 g/mol. The second kappa shape index (κ2) is 6.49. The molecule has 1 fully saturated rings. The Balaban J connectivity index is 2.67. The van der Waals surface area contributed by atoms with Crippen LogP contribution < -0.4 is 0 Å². The fraction of sp³-hybridized carbons (Fsp3) is 1.00. The third kappa shape index (κ3) is 4.44. The van der Waals surface area contributed by atoms with Gasteiger partial charge < -0.3 is 8.23 Å². The molecule has 2 nitrogen and oxygen atoms in total. The molecule has 0 saturated heterocycles. The fourth-order valence-corrected chi connectivity index (χ4v) is 14.0. The summed E-state index contributed by atoms with van der Waals surface area (Å²) in [6.07, 6.45) is 6.90. The van der Waals surface area contributed by atoms with Gasteiger partial charge in [-0.2, -0.15) is 0 Å². The van der Waals surface area contributed by atoms with Crippen molar-refractivity contribution in [3.8, 4) is 0 Å². The Morgan fingerprint density at radius 2 is 1.31 bits per heavy atom. The van der Waals surface area contributed by atoms with E-state index in [1.54, 1.807) is 0 Å². The number of rotatable bonds is 5. The summed E-state index contributed by atoms with van der Waals surface area (Å²) in [5.41, 5.74) is 0.769. The molecule has 5 heteroatoms. The van der Waals surface area contributed by atoms with Gasteiger partial charge >= 0.3 is 8.56 Å². The standard InChI is InChI=1S/C11H28O2Si3/c1-14(2)12-16(5,13-15(3)4)11-9-7-6-8-10-11/h11,14-15H,6-10H2,1-5H3. The molecule has 0 atom stereocenters. The van der Waals surface area contributed by atoms with E-state index in [0.717, 1.165) is 5.54 Å². The van der Waals surface area contributed by atoms with Gasteiger partial charge in [-0.1, -0.05) is 19.3 Å². The smallest absolute Gasteiger partial charge is 0.317 e. The lowest BCUT2D eigenvalue weighted by molar-refractivity contribution is 0.345. The molecule has 0 aromatic carbocycles. The highest BCUT2D eigenvalue weighted by molar-refractivity contribution is 6.80. The minimum atomic E-state index is -1.85. The van der Waals surface area contributed by atoms with Crippen molar-refractivity contribution < 1.29 is 8.23 Å². The van der Waals surface area contributed by atoms with E-state index in [0.29, 0.717) is 0 Å². The minimum Gasteiger partial charge on any atom is -0.439 e. The zero-order chi connectivity index (χ0) is 12.2. The van der Waals surface area contributed by atoms with Gasteiger partial charge in [-0.25, -0.2) is 0 Å².